The van der Waals surface area contributed by atoms with Gasteiger partial charge in [0.05, 0.1) is 29.6 Å². The van der Waals surface area contributed by atoms with Crippen molar-refractivity contribution in [1.82, 2.24) is 30.6 Å². The third-order valence-corrected chi connectivity index (χ3v) is 5.59. The van der Waals surface area contributed by atoms with Gasteiger partial charge in [0.15, 0.2) is 17.0 Å². The Hall–Kier alpha value is -5.86. The van der Waals surface area contributed by atoms with E-state index in [-0.39, 0.29) is 40.6 Å². The predicted molar refractivity (Wildman–Crippen MR) is 142 cm³/mol. The number of benzene rings is 2. The molecule has 2 aromatic carbocycles. The summed E-state index contributed by atoms with van der Waals surface area (Å²) in [7, 11) is 0. The van der Waals surface area contributed by atoms with Crippen molar-refractivity contribution in [2.24, 2.45) is 0 Å². The lowest BCUT2D eigenvalue weighted by Gasteiger charge is -2.16. The van der Waals surface area contributed by atoms with Crippen molar-refractivity contribution >= 4 is 52.4 Å². The maximum atomic E-state index is 12.7. The molecule has 4 aromatic rings. The Kier molecular flexibility index (Phi) is 7.94. The van der Waals surface area contributed by atoms with Crippen molar-refractivity contribution in [3.05, 3.63) is 77.1 Å². The van der Waals surface area contributed by atoms with Crippen molar-refractivity contribution in [2.75, 3.05) is 23.3 Å². The topological polar surface area (TPSA) is 248 Å². The summed E-state index contributed by atoms with van der Waals surface area (Å²) in [5.41, 5.74) is 13.0. The van der Waals surface area contributed by atoms with Crippen LogP contribution in [-0.2, 0) is 11.3 Å². The van der Waals surface area contributed by atoms with Crippen LogP contribution in [0, 0.1) is 0 Å². The number of anilines is 3. The van der Waals surface area contributed by atoms with Crippen molar-refractivity contribution in [3.8, 4) is 0 Å². The van der Waals surface area contributed by atoms with Crippen molar-refractivity contribution in [3.63, 3.8) is 0 Å². The molecule has 0 spiro atoms. The SMILES string of the molecule is Nc1nc(N)c2nc(CNc3ccc(C(=O)NC(CNC(=O)c4ccccc4C(=O)O)C(=O)O)cc3)cnc2n1. The number of nitrogens with zero attached hydrogens (tertiary/aromatic N) is 4. The van der Waals surface area contributed by atoms with Crippen LogP contribution in [0.1, 0.15) is 36.8 Å². The molecule has 9 N–H and O–H groups in total. The van der Waals surface area contributed by atoms with Crippen molar-refractivity contribution < 1.29 is 29.4 Å². The van der Waals surface area contributed by atoms with Crippen LogP contribution in [0.4, 0.5) is 17.5 Å². The Morgan fingerprint density at radius 2 is 1.57 bits per heavy atom. The summed E-state index contributed by atoms with van der Waals surface area (Å²) in [6.07, 6.45) is 1.51. The van der Waals surface area contributed by atoms with Crippen molar-refractivity contribution in [1.29, 1.82) is 0 Å². The molecule has 0 fully saturated rings. The number of carboxylic acid groups (broad SMARTS) is 2. The van der Waals surface area contributed by atoms with Gasteiger partial charge in [-0.3, -0.25) is 9.59 Å². The Morgan fingerprint density at radius 3 is 2.25 bits per heavy atom. The molecule has 0 aliphatic carbocycles. The first-order chi connectivity index (χ1) is 19.1. The van der Waals surface area contributed by atoms with Gasteiger partial charge < -0.3 is 37.6 Å². The van der Waals surface area contributed by atoms with Crippen LogP contribution >= 0.6 is 0 Å². The number of carboxylic acids is 2. The number of hydrogen-bond acceptors (Lipinski definition) is 11. The first-order valence-corrected chi connectivity index (χ1v) is 11.6. The average molecular weight is 546 g/mol. The summed E-state index contributed by atoms with van der Waals surface area (Å²) in [6, 6.07) is 10.2. The maximum absolute atomic E-state index is 12.7. The molecule has 0 aliphatic heterocycles. The molecule has 2 aromatic heterocycles. The fraction of sp³-hybridized carbons (Fsp3) is 0.120. The zero-order valence-electron chi connectivity index (χ0n) is 20.7. The van der Waals surface area contributed by atoms with Crippen LogP contribution in [-0.4, -0.2) is 66.5 Å². The van der Waals surface area contributed by atoms with Gasteiger partial charge in [-0.25, -0.2) is 19.6 Å². The van der Waals surface area contributed by atoms with E-state index >= 15 is 0 Å². The third-order valence-electron chi connectivity index (χ3n) is 5.59. The number of fused-ring (bicyclic) bond motifs is 1. The average Bonchev–Trinajstić information content (AvgIpc) is 2.94. The molecule has 15 nitrogen and oxygen atoms in total. The lowest BCUT2D eigenvalue weighted by molar-refractivity contribution is -0.139. The lowest BCUT2D eigenvalue weighted by atomic mass is 10.1. The highest BCUT2D eigenvalue weighted by Crippen LogP contribution is 2.16. The summed E-state index contributed by atoms with van der Waals surface area (Å²) < 4.78 is 0. The second-order valence-electron chi connectivity index (χ2n) is 8.36. The number of aliphatic carboxylic acids is 1. The molecular formula is C25H23N9O6. The number of amides is 2. The second-order valence-corrected chi connectivity index (χ2v) is 8.36. The summed E-state index contributed by atoms with van der Waals surface area (Å²) in [5, 5.41) is 26.6. The third kappa shape index (κ3) is 6.34. The van der Waals surface area contributed by atoms with E-state index in [9.17, 15) is 29.4 Å². The van der Waals surface area contributed by atoms with Crippen molar-refractivity contribution in [2.45, 2.75) is 12.6 Å². The van der Waals surface area contributed by atoms with Gasteiger partial charge in [0.25, 0.3) is 11.8 Å². The molecule has 0 bridgehead atoms. The summed E-state index contributed by atoms with van der Waals surface area (Å²) in [4.78, 5) is 64.5. The number of carbonyl (C=O) groups is 4. The Morgan fingerprint density at radius 1 is 0.875 bits per heavy atom. The van der Waals surface area contributed by atoms with E-state index in [1.165, 1.54) is 42.6 Å². The molecule has 1 unspecified atom stereocenters. The van der Waals surface area contributed by atoms with Crippen LogP contribution < -0.4 is 27.4 Å². The van der Waals surface area contributed by atoms with E-state index in [1.54, 1.807) is 12.1 Å². The summed E-state index contributed by atoms with van der Waals surface area (Å²) >= 11 is 0. The number of nitrogens with two attached hydrogens (primary N) is 2. The quantitative estimate of drug-likeness (QED) is 0.144. The Bertz CT molecular complexity index is 1610. The van der Waals surface area contributed by atoms with E-state index in [4.69, 9.17) is 11.5 Å². The molecule has 40 heavy (non-hydrogen) atoms. The Balaban J connectivity index is 1.35. The van der Waals surface area contributed by atoms with E-state index in [0.717, 1.165) is 0 Å². The van der Waals surface area contributed by atoms with E-state index in [2.05, 4.69) is 35.9 Å². The van der Waals surface area contributed by atoms with Crippen LogP contribution in [0.25, 0.3) is 11.2 Å². The molecule has 0 aliphatic rings. The number of hydrogen-bond donors (Lipinski definition) is 7. The second kappa shape index (κ2) is 11.7. The first-order valence-electron chi connectivity index (χ1n) is 11.6. The molecule has 0 radical (unpaired) electrons. The molecule has 204 valence electrons. The van der Waals surface area contributed by atoms with Crippen LogP contribution in [0.5, 0.6) is 0 Å². The zero-order valence-corrected chi connectivity index (χ0v) is 20.7. The minimum Gasteiger partial charge on any atom is -0.480 e. The van der Waals surface area contributed by atoms with Gasteiger partial charge in [-0.05, 0) is 36.4 Å². The van der Waals surface area contributed by atoms with Gasteiger partial charge in [-0.15, -0.1) is 0 Å². The number of rotatable bonds is 10. The fourth-order valence-corrected chi connectivity index (χ4v) is 3.60. The lowest BCUT2D eigenvalue weighted by Crippen LogP contribution is -2.48. The fourth-order valence-electron chi connectivity index (χ4n) is 3.60. The van der Waals surface area contributed by atoms with Crippen LogP contribution in [0.15, 0.2) is 54.7 Å². The first kappa shape index (κ1) is 27.2. The van der Waals surface area contributed by atoms with E-state index in [0.29, 0.717) is 16.9 Å². The van der Waals surface area contributed by atoms with Gasteiger partial charge in [-0.2, -0.15) is 9.97 Å². The highest BCUT2D eigenvalue weighted by atomic mass is 16.4. The Labute approximate surface area is 225 Å². The molecule has 4 rings (SSSR count). The predicted octanol–water partition coefficient (Wildman–Crippen LogP) is 0.508. The van der Waals surface area contributed by atoms with Gasteiger partial charge in [-0.1, -0.05) is 12.1 Å². The summed E-state index contributed by atoms with van der Waals surface area (Å²) in [5.74, 6) is -4.06. The van der Waals surface area contributed by atoms with Gasteiger partial charge in [0.2, 0.25) is 5.95 Å². The molecular weight excluding hydrogens is 522 g/mol. The number of aromatic nitrogens is 4. The summed E-state index contributed by atoms with van der Waals surface area (Å²) in [6.45, 7) is -0.202. The molecule has 1 atom stereocenters. The molecule has 15 heteroatoms. The maximum Gasteiger partial charge on any atom is 0.336 e. The normalized spacial score (nSPS) is 11.4. The zero-order chi connectivity index (χ0) is 28.8. The van der Waals surface area contributed by atoms with Gasteiger partial charge in [0, 0.05) is 17.8 Å². The van der Waals surface area contributed by atoms with Gasteiger partial charge in [0.1, 0.15) is 6.04 Å². The molecule has 2 heterocycles. The number of aromatic carboxylic acids is 1. The smallest absolute Gasteiger partial charge is 0.336 e. The highest BCUT2D eigenvalue weighted by molar-refractivity contribution is 6.05. The number of nitrogens with one attached hydrogen (secondary N) is 3. The highest BCUT2D eigenvalue weighted by Gasteiger charge is 2.23. The standard InChI is InChI=1S/C25H23N9O6/c26-19-18-20(34-25(27)33-19)29-10-14(31-18)9-28-13-7-5-12(6-8-13)21(35)32-17(24(39)40)11-30-22(36)15-3-1-2-4-16(15)23(37)38/h1-8,10,17,28H,9,11H2,(H,30,36)(H,32,35)(H,37,38)(H,39,40)(H4,26,27,29,33,34). The monoisotopic (exact) mass is 545 g/mol. The van der Waals surface area contributed by atoms with Gasteiger partial charge >= 0.3 is 11.9 Å². The van der Waals surface area contributed by atoms with E-state index in [1.807, 2.05) is 0 Å². The van der Waals surface area contributed by atoms with Crippen LogP contribution in [0.2, 0.25) is 0 Å². The molecule has 0 saturated heterocycles. The minimum atomic E-state index is -1.47. The molecule has 0 saturated carbocycles. The number of nitrogen functional groups attached to an aromatic ring is 2. The number of carbonyl (C=O) groups excluding carboxylic acids is 2. The van der Waals surface area contributed by atoms with E-state index < -0.39 is 36.3 Å². The molecule has 2 amide bonds. The van der Waals surface area contributed by atoms with Crippen LogP contribution in [0.3, 0.4) is 0 Å². The largest absolute Gasteiger partial charge is 0.480 e. The minimum absolute atomic E-state index is 0.00440.